The molecule has 25 heavy (non-hydrogen) atoms. The number of urea groups is 1. The minimum absolute atomic E-state index is 0.0876. The molecule has 0 unspecified atom stereocenters. The zero-order valence-electron chi connectivity index (χ0n) is 15.5. The van der Waals surface area contributed by atoms with E-state index in [-0.39, 0.29) is 11.6 Å². The highest BCUT2D eigenvalue weighted by atomic mass is 32.1. The zero-order chi connectivity index (χ0) is 18.1. The number of rotatable bonds is 9. The van der Waals surface area contributed by atoms with Crippen molar-refractivity contribution in [1.82, 2.24) is 10.6 Å². The fourth-order valence-corrected chi connectivity index (χ4v) is 3.67. The predicted octanol–water partition coefficient (Wildman–Crippen LogP) is 2.69. The molecule has 0 spiro atoms. The Hall–Kier alpha value is -1.85. The Bertz CT molecular complexity index is 653. The van der Waals surface area contributed by atoms with Gasteiger partial charge in [-0.3, -0.25) is 0 Å². The van der Waals surface area contributed by atoms with Gasteiger partial charge in [-0.25, -0.2) is 4.79 Å². The SMILES string of the molecule is C[NH2+]Cc1ccccc1CCCNC(=O)NC(C)(C)Cc1ccsc1. The fraction of sp³-hybridized carbons (Fsp3) is 0.450. The number of hydrogen-bond donors (Lipinski definition) is 3. The number of thiophene rings is 1. The van der Waals surface area contributed by atoms with Gasteiger partial charge in [0, 0.05) is 17.6 Å². The maximum Gasteiger partial charge on any atom is 0.315 e. The Kier molecular flexibility index (Phi) is 7.47. The molecule has 1 aromatic carbocycles. The van der Waals surface area contributed by atoms with Crippen LogP contribution < -0.4 is 16.0 Å². The van der Waals surface area contributed by atoms with Crippen molar-refractivity contribution in [2.45, 2.75) is 45.2 Å². The summed E-state index contributed by atoms with van der Waals surface area (Å²) in [6, 6.07) is 10.6. The van der Waals surface area contributed by atoms with Crippen molar-refractivity contribution in [2.75, 3.05) is 13.6 Å². The quantitative estimate of drug-likeness (QED) is 0.592. The molecular formula is C20H30N3OS+. The van der Waals surface area contributed by atoms with Gasteiger partial charge in [-0.05, 0) is 61.1 Å². The van der Waals surface area contributed by atoms with E-state index >= 15 is 0 Å². The summed E-state index contributed by atoms with van der Waals surface area (Å²) in [5, 5.41) is 12.4. The Morgan fingerprint density at radius 1 is 1.20 bits per heavy atom. The first-order valence-electron chi connectivity index (χ1n) is 8.92. The maximum absolute atomic E-state index is 12.1. The number of nitrogens with one attached hydrogen (secondary N) is 2. The summed E-state index contributed by atoms with van der Waals surface area (Å²) in [5.74, 6) is 0. The standard InChI is InChI=1S/C20H29N3OS/c1-20(2,13-16-10-12-25-15-16)23-19(24)22-11-6-9-17-7-4-5-8-18(17)14-21-3/h4-5,7-8,10,12,15,21H,6,9,11,13-14H2,1-3H3,(H2,22,23,24)/p+1. The van der Waals surface area contributed by atoms with E-state index in [4.69, 9.17) is 0 Å². The smallest absolute Gasteiger partial charge is 0.315 e. The van der Waals surface area contributed by atoms with Crippen LogP contribution in [0.1, 0.15) is 37.0 Å². The molecule has 0 radical (unpaired) electrons. The van der Waals surface area contributed by atoms with Crippen LogP contribution in [-0.4, -0.2) is 25.2 Å². The van der Waals surface area contributed by atoms with E-state index in [2.05, 4.69) is 77.9 Å². The minimum Gasteiger partial charge on any atom is -0.345 e. The number of carbonyl (C=O) groups is 1. The van der Waals surface area contributed by atoms with Gasteiger partial charge in [0.05, 0.1) is 7.05 Å². The van der Waals surface area contributed by atoms with E-state index in [1.807, 2.05) is 0 Å². The second kappa shape index (κ2) is 9.59. The lowest BCUT2D eigenvalue weighted by molar-refractivity contribution is -0.643. The molecule has 0 bridgehead atoms. The van der Waals surface area contributed by atoms with E-state index < -0.39 is 0 Å². The number of benzene rings is 1. The molecule has 1 aromatic heterocycles. The summed E-state index contributed by atoms with van der Waals surface area (Å²) in [4.78, 5) is 12.1. The average Bonchev–Trinajstić information content (AvgIpc) is 3.05. The van der Waals surface area contributed by atoms with Crippen molar-refractivity contribution in [3.63, 3.8) is 0 Å². The highest BCUT2D eigenvalue weighted by Gasteiger charge is 2.20. The summed E-state index contributed by atoms with van der Waals surface area (Å²) in [6.07, 6.45) is 2.77. The molecule has 0 aliphatic rings. The Labute approximate surface area is 155 Å². The van der Waals surface area contributed by atoms with Crippen molar-refractivity contribution >= 4 is 17.4 Å². The normalized spacial score (nSPS) is 11.3. The molecule has 4 nitrogen and oxygen atoms in total. The summed E-state index contributed by atoms with van der Waals surface area (Å²) >= 11 is 1.69. The number of hydrogen-bond acceptors (Lipinski definition) is 2. The molecular weight excluding hydrogens is 330 g/mol. The van der Waals surface area contributed by atoms with Gasteiger partial charge in [0.15, 0.2) is 0 Å². The largest absolute Gasteiger partial charge is 0.345 e. The molecule has 4 N–H and O–H groups in total. The first kappa shape index (κ1) is 19.5. The van der Waals surface area contributed by atoms with Gasteiger partial charge in [0.1, 0.15) is 6.54 Å². The van der Waals surface area contributed by atoms with Crippen LogP contribution in [0, 0.1) is 0 Å². The summed E-state index contributed by atoms with van der Waals surface area (Å²) in [5.41, 5.74) is 3.76. The third kappa shape index (κ3) is 6.88. The summed E-state index contributed by atoms with van der Waals surface area (Å²) in [7, 11) is 2.08. The zero-order valence-corrected chi connectivity index (χ0v) is 16.3. The fourth-order valence-electron chi connectivity index (χ4n) is 3.00. The van der Waals surface area contributed by atoms with Crippen LogP contribution in [0.4, 0.5) is 4.79 Å². The molecule has 0 saturated heterocycles. The lowest BCUT2D eigenvalue weighted by atomic mass is 9.97. The third-order valence-corrected chi connectivity index (χ3v) is 4.86. The third-order valence-electron chi connectivity index (χ3n) is 4.13. The highest BCUT2D eigenvalue weighted by Crippen LogP contribution is 2.15. The average molecular weight is 361 g/mol. The van der Waals surface area contributed by atoms with Crippen molar-refractivity contribution < 1.29 is 10.1 Å². The van der Waals surface area contributed by atoms with Crippen LogP contribution >= 0.6 is 11.3 Å². The molecule has 0 aliphatic heterocycles. The Morgan fingerprint density at radius 2 is 1.96 bits per heavy atom. The molecule has 0 fully saturated rings. The molecule has 0 saturated carbocycles. The van der Waals surface area contributed by atoms with E-state index in [1.165, 1.54) is 16.7 Å². The molecule has 0 atom stereocenters. The van der Waals surface area contributed by atoms with E-state index in [9.17, 15) is 4.79 Å². The second-order valence-electron chi connectivity index (χ2n) is 7.06. The number of quaternary nitrogens is 1. The van der Waals surface area contributed by atoms with Crippen molar-refractivity contribution in [3.8, 4) is 0 Å². The first-order chi connectivity index (χ1) is 12.0. The highest BCUT2D eigenvalue weighted by molar-refractivity contribution is 7.07. The van der Waals surface area contributed by atoms with Crippen LogP contribution in [0.5, 0.6) is 0 Å². The lowest BCUT2D eigenvalue weighted by Crippen LogP contribution is -2.77. The predicted molar refractivity (Wildman–Crippen MR) is 105 cm³/mol. The van der Waals surface area contributed by atoms with Crippen LogP contribution in [0.2, 0.25) is 0 Å². The van der Waals surface area contributed by atoms with Crippen LogP contribution in [-0.2, 0) is 19.4 Å². The molecule has 5 heteroatoms. The summed E-state index contributed by atoms with van der Waals surface area (Å²) < 4.78 is 0. The van der Waals surface area contributed by atoms with Gasteiger partial charge in [0.2, 0.25) is 0 Å². The molecule has 2 amide bonds. The second-order valence-corrected chi connectivity index (χ2v) is 7.84. The molecule has 1 heterocycles. The van der Waals surface area contributed by atoms with E-state index in [1.54, 1.807) is 11.3 Å². The molecule has 136 valence electrons. The van der Waals surface area contributed by atoms with E-state index in [0.717, 1.165) is 25.8 Å². The van der Waals surface area contributed by atoms with Gasteiger partial charge < -0.3 is 16.0 Å². The molecule has 0 aliphatic carbocycles. The number of amides is 2. The van der Waals surface area contributed by atoms with Gasteiger partial charge in [-0.1, -0.05) is 24.3 Å². The molecule has 2 rings (SSSR count). The van der Waals surface area contributed by atoms with Crippen molar-refractivity contribution in [2.24, 2.45) is 0 Å². The monoisotopic (exact) mass is 360 g/mol. The van der Waals surface area contributed by atoms with Crippen molar-refractivity contribution in [1.29, 1.82) is 0 Å². The lowest BCUT2D eigenvalue weighted by Gasteiger charge is -2.26. The number of aryl methyl sites for hydroxylation is 1. The molecule has 2 aromatic rings. The topological polar surface area (TPSA) is 57.7 Å². The van der Waals surface area contributed by atoms with Gasteiger partial charge in [-0.2, -0.15) is 11.3 Å². The summed E-state index contributed by atoms with van der Waals surface area (Å²) in [6.45, 7) is 5.80. The minimum atomic E-state index is -0.255. The first-order valence-corrected chi connectivity index (χ1v) is 9.86. The van der Waals surface area contributed by atoms with Crippen LogP contribution in [0.25, 0.3) is 0 Å². The van der Waals surface area contributed by atoms with Gasteiger partial charge in [0.25, 0.3) is 0 Å². The Morgan fingerprint density at radius 3 is 2.64 bits per heavy atom. The number of carbonyl (C=O) groups excluding carboxylic acids is 1. The van der Waals surface area contributed by atoms with E-state index in [0.29, 0.717) is 6.54 Å². The van der Waals surface area contributed by atoms with Gasteiger partial charge in [-0.15, -0.1) is 0 Å². The van der Waals surface area contributed by atoms with Crippen LogP contribution in [0.15, 0.2) is 41.1 Å². The number of nitrogens with two attached hydrogens (primary N) is 1. The van der Waals surface area contributed by atoms with Crippen molar-refractivity contribution in [3.05, 3.63) is 57.8 Å². The maximum atomic E-state index is 12.1. The Balaban J connectivity index is 1.72. The van der Waals surface area contributed by atoms with Crippen LogP contribution in [0.3, 0.4) is 0 Å². The van der Waals surface area contributed by atoms with Gasteiger partial charge >= 0.3 is 6.03 Å².